The lowest BCUT2D eigenvalue weighted by atomic mass is 9.82. The summed E-state index contributed by atoms with van der Waals surface area (Å²) in [5.74, 6) is 0. The molecule has 0 aliphatic heterocycles. The fourth-order valence-electron chi connectivity index (χ4n) is 8.46. The molecule has 1 aliphatic rings. The zero-order valence-corrected chi connectivity index (χ0v) is 29.9. The molecule has 53 heavy (non-hydrogen) atoms. The second-order valence-electron chi connectivity index (χ2n) is 14.7. The number of nitrogens with zero attached hydrogens (tertiary/aromatic N) is 2. The van der Waals surface area contributed by atoms with E-state index in [1.54, 1.807) is 0 Å². The van der Waals surface area contributed by atoms with Crippen LogP contribution in [0.3, 0.4) is 0 Å². The lowest BCUT2D eigenvalue weighted by Gasteiger charge is -2.29. The first-order valence-corrected chi connectivity index (χ1v) is 18.4. The number of anilines is 3. The van der Waals surface area contributed by atoms with Crippen LogP contribution >= 0.6 is 0 Å². The zero-order chi connectivity index (χ0) is 35.5. The highest BCUT2D eigenvalue weighted by molar-refractivity contribution is 5.99. The Kier molecular flexibility index (Phi) is 7.19. The van der Waals surface area contributed by atoms with Gasteiger partial charge >= 0.3 is 0 Å². The molecule has 10 rings (SSSR count). The monoisotopic (exact) mass is 678 g/mol. The molecule has 0 saturated carbocycles. The molecule has 0 unspecified atom stereocenters. The smallest absolute Gasteiger partial charge is 0.0540 e. The van der Waals surface area contributed by atoms with E-state index in [2.05, 4.69) is 218 Å². The first-order chi connectivity index (χ1) is 26.0. The van der Waals surface area contributed by atoms with Crippen LogP contribution in [0.25, 0.3) is 60.7 Å². The Labute approximate surface area is 310 Å². The van der Waals surface area contributed by atoms with Crippen LogP contribution in [-0.2, 0) is 5.41 Å². The van der Waals surface area contributed by atoms with Gasteiger partial charge in [0.2, 0.25) is 0 Å². The number of fused-ring (bicyclic) bond motifs is 5. The standard InChI is InChI=1S/C51H38N2/c1-51(2)47-17-9-8-16-45(47)46-29-28-43(34-48(46)51)53(50-18-10-14-38-13-6-7-15-44(38)50)42-26-21-37(22-27-42)36-19-24-41(25-20-36)52-32-31-40-33-39(23-30-49(40)52)35-11-4-3-5-12-35/h3-34H,1-2H3. The number of aromatic nitrogens is 1. The largest absolute Gasteiger partial charge is 0.317 e. The summed E-state index contributed by atoms with van der Waals surface area (Å²) in [5, 5.41) is 3.69. The first kappa shape index (κ1) is 31.1. The average Bonchev–Trinajstić information content (AvgIpc) is 3.74. The summed E-state index contributed by atoms with van der Waals surface area (Å²) in [6.07, 6.45) is 2.17. The molecule has 2 nitrogen and oxygen atoms in total. The van der Waals surface area contributed by atoms with Crippen LogP contribution in [-0.4, -0.2) is 4.57 Å². The maximum absolute atomic E-state index is 2.43. The van der Waals surface area contributed by atoms with Gasteiger partial charge in [-0.05, 0) is 111 Å². The topological polar surface area (TPSA) is 8.17 Å². The third kappa shape index (κ3) is 5.18. The molecule has 1 heterocycles. The van der Waals surface area contributed by atoms with Gasteiger partial charge in [0.15, 0.2) is 0 Å². The van der Waals surface area contributed by atoms with Crippen molar-refractivity contribution in [3.05, 3.63) is 205 Å². The van der Waals surface area contributed by atoms with Crippen molar-refractivity contribution in [2.75, 3.05) is 4.90 Å². The van der Waals surface area contributed by atoms with Gasteiger partial charge in [-0.15, -0.1) is 0 Å². The van der Waals surface area contributed by atoms with Gasteiger partial charge in [0, 0.05) is 39.4 Å². The maximum atomic E-state index is 2.43. The Hall–Kier alpha value is -6.64. The molecule has 0 N–H and O–H groups in total. The van der Waals surface area contributed by atoms with E-state index in [9.17, 15) is 0 Å². The Balaban J connectivity index is 1.00. The van der Waals surface area contributed by atoms with E-state index < -0.39 is 0 Å². The van der Waals surface area contributed by atoms with Crippen LogP contribution in [0.4, 0.5) is 17.1 Å². The van der Waals surface area contributed by atoms with E-state index in [1.807, 2.05) is 0 Å². The summed E-state index contributed by atoms with van der Waals surface area (Å²) in [7, 11) is 0. The number of benzene rings is 8. The zero-order valence-electron chi connectivity index (χ0n) is 29.9. The highest BCUT2D eigenvalue weighted by Gasteiger charge is 2.35. The second-order valence-corrected chi connectivity index (χ2v) is 14.7. The predicted octanol–water partition coefficient (Wildman–Crippen LogP) is 13.9. The van der Waals surface area contributed by atoms with Gasteiger partial charge in [-0.2, -0.15) is 0 Å². The summed E-state index contributed by atoms with van der Waals surface area (Å²) in [5.41, 5.74) is 16.0. The fraction of sp³-hybridized carbons (Fsp3) is 0.0588. The molecule has 0 amide bonds. The third-order valence-electron chi connectivity index (χ3n) is 11.2. The van der Waals surface area contributed by atoms with Gasteiger partial charge in [0.1, 0.15) is 0 Å². The minimum atomic E-state index is -0.0829. The minimum Gasteiger partial charge on any atom is -0.317 e. The quantitative estimate of drug-likeness (QED) is 0.170. The molecule has 1 aromatic heterocycles. The first-order valence-electron chi connectivity index (χ1n) is 18.4. The van der Waals surface area contributed by atoms with Gasteiger partial charge < -0.3 is 9.47 Å². The van der Waals surface area contributed by atoms with Crippen molar-refractivity contribution in [2.24, 2.45) is 0 Å². The van der Waals surface area contributed by atoms with Crippen molar-refractivity contribution in [1.82, 2.24) is 4.57 Å². The Morgan fingerprint density at radius 2 is 1.08 bits per heavy atom. The van der Waals surface area contributed by atoms with E-state index in [0.29, 0.717) is 0 Å². The van der Waals surface area contributed by atoms with Crippen molar-refractivity contribution in [1.29, 1.82) is 0 Å². The molecular weight excluding hydrogens is 641 g/mol. The molecule has 9 aromatic rings. The molecule has 0 fully saturated rings. The van der Waals surface area contributed by atoms with Gasteiger partial charge in [-0.3, -0.25) is 0 Å². The van der Waals surface area contributed by atoms with Crippen LogP contribution in [0.5, 0.6) is 0 Å². The SMILES string of the molecule is CC1(C)c2ccccc2-c2ccc(N(c3ccc(-c4ccc(-n5ccc6cc(-c7ccccc7)ccc65)cc4)cc3)c3cccc4ccccc34)cc21. The number of hydrogen-bond donors (Lipinski definition) is 0. The van der Waals surface area contributed by atoms with E-state index in [0.717, 1.165) is 17.1 Å². The van der Waals surface area contributed by atoms with Gasteiger partial charge in [0.05, 0.1) is 11.2 Å². The van der Waals surface area contributed by atoms with Gasteiger partial charge in [0.25, 0.3) is 0 Å². The molecule has 252 valence electrons. The lowest BCUT2D eigenvalue weighted by molar-refractivity contribution is 0.660. The van der Waals surface area contributed by atoms with E-state index >= 15 is 0 Å². The Morgan fingerprint density at radius 3 is 1.91 bits per heavy atom. The maximum Gasteiger partial charge on any atom is 0.0540 e. The fourth-order valence-corrected chi connectivity index (χ4v) is 8.46. The van der Waals surface area contributed by atoms with Gasteiger partial charge in [-0.1, -0.05) is 141 Å². The number of rotatable bonds is 6. The third-order valence-corrected chi connectivity index (χ3v) is 11.2. The summed E-state index contributed by atoms with van der Waals surface area (Å²) in [6.45, 7) is 4.70. The van der Waals surface area contributed by atoms with Crippen LogP contribution in [0.2, 0.25) is 0 Å². The summed E-state index contributed by atoms with van der Waals surface area (Å²) in [6, 6.07) is 68.6. The lowest BCUT2D eigenvalue weighted by Crippen LogP contribution is -2.16. The van der Waals surface area contributed by atoms with E-state index in [1.165, 1.54) is 71.9 Å². The normalized spacial score (nSPS) is 12.9. The van der Waals surface area contributed by atoms with Crippen LogP contribution in [0, 0.1) is 0 Å². The molecule has 0 radical (unpaired) electrons. The average molecular weight is 679 g/mol. The molecule has 0 spiro atoms. The Bertz CT molecular complexity index is 2780. The van der Waals surface area contributed by atoms with Crippen molar-refractivity contribution in [2.45, 2.75) is 19.3 Å². The van der Waals surface area contributed by atoms with Crippen molar-refractivity contribution in [3.63, 3.8) is 0 Å². The van der Waals surface area contributed by atoms with Gasteiger partial charge in [-0.25, -0.2) is 0 Å². The molecular formula is C51H38N2. The molecule has 0 atom stereocenters. The molecule has 8 aromatic carbocycles. The van der Waals surface area contributed by atoms with E-state index in [-0.39, 0.29) is 5.41 Å². The van der Waals surface area contributed by atoms with E-state index in [4.69, 9.17) is 0 Å². The van der Waals surface area contributed by atoms with Crippen LogP contribution in [0.1, 0.15) is 25.0 Å². The summed E-state index contributed by atoms with van der Waals surface area (Å²) < 4.78 is 2.27. The van der Waals surface area contributed by atoms with Crippen LogP contribution in [0.15, 0.2) is 194 Å². The van der Waals surface area contributed by atoms with Crippen molar-refractivity contribution in [3.8, 4) is 39.1 Å². The molecule has 0 bridgehead atoms. The molecule has 2 heteroatoms. The minimum absolute atomic E-state index is 0.0829. The Morgan fingerprint density at radius 1 is 0.434 bits per heavy atom. The van der Waals surface area contributed by atoms with Crippen molar-refractivity contribution < 1.29 is 0 Å². The highest BCUT2D eigenvalue weighted by Crippen LogP contribution is 2.51. The predicted molar refractivity (Wildman–Crippen MR) is 224 cm³/mol. The van der Waals surface area contributed by atoms with Crippen molar-refractivity contribution >= 4 is 38.7 Å². The second kappa shape index (κ2) is 12.3. The summed E-state index contributed by atoms with van der Waals surface area (Å²) >= 11 is 0. The molecule has 1 aliphatic carbocycles. The van der Waals surface area contributed by atoms with Crippen LogP contribution < -0.4 is 4.90 Å². The summed E-state index contributed by atoms with van der Waals surface area (Å²) in [4.78, 5) is 2.43. The highest BCUT2D eigenvalue weighted by atomic mass is 15.1. The number of hydrogen-bond acceptors (Lipinski definition) is 1. The molecule has 0 saturated heterocycles.